The molecule has 2 heterocycles. The lowest BCUT2D eigenvalue weighted by Crippen LogP contribution is -2.29. The van der Waals surface area contributed by atoms with Crippen molar-refractivity contribution in [3.8, 4) is 0 Å². The summed E-state index contributed by atoms with van der Waals surface area (Å²) in [5, 5.41) is 3.66. The van der Waals surface area contributed by atoms with Gasteiger partial charge >= 0.3 is 0 Å². The Bertz CT molecular complexity index is 463. The molecule has 110 valence electrons. The quantitative estimate of drug-likeness (QED) is 0.923. The summed E-state index contributed by atoms with van der Waals surface area (Å²) >= 11 is 2.07. The van der Waals surface area contributed by atoms with Crippen molar-refractivity contribution in [2.24, 2.45) is 0 Å². The third kappa shape index (κ3) is 3.47. The van der Waals surface area contributed by atoms with Gasteiger partial charge in [0.15, 0.2) is 0 Å². The van der Waals surface area contributed by atoms with E-state index in [9.17, 15) is 0 Å². The first-order valence-electron chi connectivity index (χ1n) is 7.77. The van der Waals surface area contributed by atoms with Gasteiger partial charge in [0, 0.05) is 42.7 Å². The highest BCUT2D eigenvalue weighted by atomic mass is 32.2. The van der Waals surface area contributed by atoms with Gasteiger partial charge in [-0.1, -0.05) is 0 Å². The Kier molecular flexibility index (Phi) is 4.51. The van der Waals surface area contributed by atoms with E-state index in [4.69, 9.17) is 4.98 Å². The van der Waals surface area contributed by atoms with Crippen LogP contribution in [-0.2, 0) is 6.54 Å². The first-order valence-corrected chi connectivity index (χ1v) is 8.92. The normalized spacial score (nSPS) is 20.0. The summed E-state index contributed by atoms with van der Waals surface area (Å²) < 4.78 is 0. The second-order valence-electron chi connectivity index (χ2n) is 5.99. The van der Waals surface area contributed by atoms with E-state index >= 15 is 0 Å². The molecule has 0 atom stereocenters. The number of aromatic nitrogens is 1. The minimum atomic E-state index is 0.753. The molecule has 0 amide bonds. The van der Waals surface area contributed by atoms with Gasteiger partial charge in [-0.15, -0.1) is 0 Å². The molecule has 2 fully saturated rings. The molecule has 1 aromatic rings. The van der Waals surface area contributed by atoms with Crippen LogP contribution in [0, 0.1) is 13.8 Å². The van der Waals surface area contributed by atoms with Crippen LogP contribution in [0.5, 0.6) is 0 Å². The van der Waals surface area contributed by atoms with Crippen molar-refractivity contribution >= 4 is 17.6 Å². The van der Waals surface area contributed by atoms with Gasteiger partial charge < -0.3 is 10.2 Å². The van der Waals surface area contributed by atoms with E-state index in [1.165, 1.54) is 47.7 Å². The molecule has 2 aliphatic rings. The molecule has 0 unspecified atom stereocenters. The fraction of sp³-hybridized carbons (Fsp3) is 0.688. The monoisotopic (exact) mass is 291 g/mol. The maximum absolute atomic E-state index is 4.87. The molecule has 1 aromatic heterocycles. The Labute approximate surface area is 126 Å². The maximum Gasteiger partial charge on any atom is 0.133 e. The van der Waals surface area contributed by atoms with Gasteiger partial charge in [0.1, 0.15) is 5.82 Å². The van der Waals surface area contributed by atoms with Gasteiger partial charge in [-0.2, -0.15) is 11.8 Å². The molecule has 0 radical (unpaired) electrons. The number of nitrogens with one attached hydrogen (secondary N) is 1. The largest absolute Gasteiger partial charge is 0.355 e. The van der Waals surface area contributed by atoms with Crippen LogP contribution in [0.2, 0.25) is 0 Å². The van der Waals surface area contributed by atoms with Crippen molar-refractivity contribution in [1.29, 1.82) is 0 Å². The van der Waals surface area contributed by atoms with Crippen LogP contribution in [0.15, 0.2) is 6.07 Å². The predicted octanol–water partition coefficient (Wildman–Crippen LogP) is 2.89. The summed E-state index contributed by atoms with van der Waals surface area (Å²) in [7, 11) is 0. The van der Waals surface area contributed by atoms with Crippen molar-refractivity contribution in [1.82, 2.24) is 10.3 Å². The van der Waals surface area contributed by atoms with E-state index in [0.29, 0.717) is 0 Å². The Balaban J connectivity index is 1.84. The smallest absolute Gasteiger partial charge is 0.133 e. The van der Waals surface area contributed by atoms with Crippen molar-refractivity contribution in [2.45, 2.75) is 45.7 Å². The molecular formula is C16H25N3S. The van der Waals surface area contributed by atoms with Gasteiger partial charge in [-0.25, -0.2) is 4.98 Å². The first kappa shape index (κ1) is 14.2. The molecular weight excluding hydrogens is 266 g/mol. The highest BCUT2D eigenvalue weighted by Gasteiger charge is 2.23. The summed E-state index contributed by atoms with van der Waals surface area (Å²) in [5.41, 5.74) is 3.94. The third-order valence-electron chi connectivity index (χ3n) is 4.12. The van der Waals surface area contributed by atoms with Crippen molar-refractivity contribution in [2.75, 3.05) is 29.5 Å². The lowest BCUT2D eigenvalue weighted by molar-refractivity contribution is 0.676. The van der Waals surface area contributed by atoms with Crippen LogP contribution >= 0.6 is 11.8 Å². The molecule has 3 nitrogen and oxygen atoms in total. The average molecular weight is 291 g/mol. The molecule has 4 heteroatoms. The van der Waals surface area contributed by atoms with E-state index in [1.54, 1.807) is 0 Å². The fourth-order valence-corrected chi connectivity index (χ4v) is 3.70. The number of thioether (sulfide) groups is 1. The minimum absolute atomic E-state index is 0.753. The highest BCUT2D eigenvalue weighted by Crippen LogP contribution is 2.26. The molecule has 1 saturated carbocycles. The number of anilines is 1. The van der Waals surface area contributed by atoms with Gasteiger partial charge in [-0.3, -0.25) is 0 Å². The molecule has 0 spiro atoms. The van der Waals surface area contributed by atoms with Gasteiger partial charge in [0.25, 0.3) is 0 Å². The summed E-state index contributed by atoms with van der Waals surface area (Å²) in [6.07, 6.45) is 3.96. The average Bonchev–Trinajstić information content (AvgIpc) is 3.24. The minimum Gasteiger partial charge on any atom is -0.355 e. The Morgan fingerprint density at radius 3 is 2.95 bits per heavy atom. The molecule has 1 aliphatic heterocycles. The molecule has 1 aliphatic carbocycles. The molecule has 1 saturated heterocycles. The van der Waals surface area contributed by atoms with E-state index in [-0.39, 0.29) is 0 Å². The Morgan fingerprint density at radius 2 is 2.15 bits per heavy atom. The molecule has 0 aromatic carbocycles. The van der Waals surface area contributed by atoms with Crippen LogP contribution in [0.1, 0.15) is 36.1 Å². The zero-order valence-corrected chi connectivity index (χ0v) is 13.4. The lowest BCUT2D eigenvalue weighted by Gasteiger charge is -2.25. The molecule has 0 bridgehead atoms. The number of rotatable bonds is 4. The maximum atomic E-state index is 4.87. The summed E-state index contributed by atoms with van der Waals surface area (Å²) in [5.74, 6) is 3.75. The fourth-order valence-electron chi connectivity index (χ4n) is 2.82. The molecule has 20 heavy (non-hydrogen) atoms. The van der Waals surface area contributed by atoms with E-state index in [0.717, 1.165) is 31.4 Å². The highest BCUT2D eigenvalue weighted by molar-refractivity contribution is 7.99. The van der Waals surface area contributed by atoms with E-state index in [1.807, 2.05) is 0 Å². The van der Waals surface area contributed by atoms with Crippen LogP contribution < -0.4 is 10.2 Å². The van der Waals surface area contributed by atoms with Crippen LogP contribution in [0.25, 0.3) is 0 Å². The second kappa shape index (κ2) is 6.35. The standard InChI is InChI=1S/C16H25N3S/c1-12-10-13(2)18-16(15(12)11-17-14-4-5-14)19-6-3-8-20-9-7-19/h10,14,17H,3-9,11H2,1-2H3. The summed E-state index contributed by atoms with van der Waals surface area (Å²) in [6.45, 7) is 7.61. The van der Waals surface area contributed by atoms with E-state index < -0.39 is 0 Å². The van der Waals surface area contributed by atoms with Crippen molar-refractivity contribution in [3.63, 3.8) is 0 Å². The zero-order chi connectivity index (χ0) is 13.9. The number of hydrogen-bond donors (Lipinski definition) is 1. The first-order chi connectivity index (χ1) is 9.74. The predicted molar refractivity (Wildman–Crippen MR) is 87.7 cm³/mol. The SMILES string of the molecule is Cc1cc(C)c(CNC2CC2)c(N2CCCSCC2)n1. The third-order valence-corrected chi connectivity index (χ3v) is 5.17. The number of aryl methyl sites for hydroxylation is 2. The van der Waals surface area contributed by atoms with Gasteiger partial charge in [-0.05, 0) is 50.5 Å². The van der Waals surface area contributed by atoms with Gasteiger partial charge in [0.05, 0.1) is 0 Å². The van der Waals surface area contributed by atoms with Gasteiger partial charge in [0.2, 0.25) is 0 Å². The number of hydrogen-bond acceptors (Lipinski definition) is 4. The van der Waals surface area contributed by atoms with E-state index in [2.05, 4.69) is 41.9 Å². The van der Waals surface area contributed by atoms with Crippen molar-refractivity contribution < 1.29 is 0 Å². The van der Waals surface area contributed by atoms with Crippen LogP contribution in [0.3, 0.4) is 0 Å². The molecule has 1 N–H and O–H groups in total. The number of nitrogens with zero attached hydrogens (tertiary/aromatic N) is 2. The Morgan fingerprint density at radius 1 is 1.30 bits per heavy atom. The van der Waals surface area contributed by atoms with Crippen molar-refractivity contribution in [3.05, 3.63) is 22.9 Å². The Hall–Kier alpha value is -0.740. The number of pyridine rings is 1. The second-order valence-corrected chi connectivity index (χ2v) is 7.22. The zero-order valence-electron chi connectivity index (χ0n) is 12.6. The summed E-state index contributed by atoms with van der Waals surface area (Å²) in [4.78, 5) is 7.38. The lowest BCUT2D eigenvalue weighted by atomic mass is 10.1. The topological polar surface area (TPSA) is 28.2 Å². The van der Waals surface area contributed by atoms with Crippen LogP contribution in [-0.4, -0.2) is 35.6 Å². The summed E-state index contributed by atoms with van der Waals surface area (Å²) in [6, 6.07) is 2.98. The molecule has 3 rings (SSSR count). The van der Waals surface area contributed by atoms with Crippen LogP contribution in [0.4, 0.5) is 5.82 Å².